The van der Waals surface area contributed by atoms with E-state index in [0.717, 1.165) is 27.3 Å². The maximum atomic E-state index is 13.4. The van der Waals surface area contributed by atoms with E-state index in [-0.39, 0.29) is 6.03 Å². The molecule has 7 nitrogen and oxygen atoms in total. The average molecular weight is 499 g/mol. The number of amides is 2. The van der Waals surface area contributed by atoms with E-state index < -0.39 is 6.04 Å². The van der Waals surface area contributed by atoms with Crippen LogP contribution in [0.15, 0.2) is 94.0 Å². The number of allylic oxidation sites excluding steroid dienone is 1. The second kappa shape index (κ2) is 10.3. The van der Waals surface area contributed by atoms with Crippen LogP contribution in [0.5, 0.6) is 5.75 Å². The van der Waals surface area contributed by atoms with Crippen molar-refractivity contribution in [3.8, 4) is 17.1 Å². The van der Waals surface area contributed by atoms with E-state index in [1.165, 1.54) is 0 Å². The van der Waals surface area contributed by atoms with Crippen molar-refractivity contribution in [1.82, 2.24) is 15.5 Å². The smallest absolute Gasteiger partial charge is 0.326 e. The SMILES string of the molecule is CCOc1ccc(N2C(=O)NC(c3ccc(SC)cc3)C(c3nc(-c4ccccc4)no3)=C2C)cc1. The summed E-state index contributed by atoms with van der Waals surface area (Å²) >= 11 is 1.67. The lowest BCUT2D eigenvalue weighted by Crippen LogP contribution is -2.46. The number of anilines is 1. The van der Waals surface area contributed by atoms with E-state index in [0.29, 0.717) is 29.7 Å². The van der Waals surface area contributed by atoms with E-state index >= 15 is 0 Å². The minimum absolute atomic E-state index is 0.234. The summed E-state index contributed by atoms with van der Waals surface area (Å²) in [5, 5.41) is 7.38. The Morgan fingerprint density at radius 1 is 1.03 bits per heavy atom. The third kappa shape index (κ3) is 4.59. The fourth-order valence-corrected chi connectivity index (χ4v) is 4.68. The van der Waals surface area contributed by atoms with Gasteiger partial charge in [0.2, 0.25) is 5.82 Å². The number of urea groups is 1. The molecule has 0 spiro atoms. The van der Waals surface area contributed by atoms with Crippen LogP contribution in [0, 0.1) is 0 Å². The third-order valence-corrected chi connectivity index (χ3v) is 6.77. The summed E-state index contributed by atoms with van der Waals surface area (Å²) in [4.78, 5) is 20.9. The van der Waals surface area contributed by atoms with Crippen molar-refractivity contribution < 1.29 is 14.1 Å². The zero-order valence-electron chi connectivity index (χ0n) is 20.3. The minimum atomic E-state index is -0.448. The molecule has 1 aliphatic rings. The predicted molar refractivity (Wildman–Crippen MR) is 142 cm³/mol. The molecule has 0 saturated heterocycles. The Morgan fingerprint density at radius 3 is 2.42 bits per heavy atom. The zero-order chi connectivity index (χ0) is 25.1. The molecular formula is C28H26N4O3S. The van der Waals surface area contributed by atoms with E-state index in [9.17, 15) is 4.79 Å². The molecule has 0 radical (unpaired) electrons. The lowest BCUT2D eigenvalue weighted by atomic mass is 9.94. The van der Waals surface area contributed by atoms with Gasteiger partial charge in [0.1, 0.15) is 5.75 Å². The molecule has 36 heavy (non-hydrogen) atoms. The summed E-state index contributed by atoms with van der Waals surface area (Å²) in [6, 6.07) is 24.5. The third-order valence-electron chi connectivity index (χ3n) is 6.03. The van der Waals surface area contributed by atoms with Crippen molar-refractivity contribution in [3.05, 3.63) is 96.0 Å². The lowest BCUT2D eigenvalue weighted by molar-refractivity contribution is 0.244. The number of hydrogen-bond donors (Lipinski definition) is 1. The topological polar surface area (TPSA) is 80.5 Å². The number of ether oxygens (including phenoxy) is 1. The molecule has 2 amide bonds. The second-order valence-corrected chi connectivity index (χ2v) is 9.09. The first-order valence-electron chi connectivity index (χ1n) is 11.7. The van der Waals surface area contributed by atoms with Crippen LogP contribution >= 0.6 is 11.8 Å². The molecular weight excluding hydrogens is 472 g/mol. The number of nitrogens with zero attached hydrogens (tertiary/aromatic N) is 3. The highest BCUT2D eigenvalue weighted by atomic mass is 32.2. The molecule has 1 aliphatic heterocycles. The number of aromatic nitrogens is 2. The number of rotatable bonds is 7. The summed E-state index contributed by atoms with van der Waals surface area (Å²) < 4.78 is 11.3. The summed E-state index contributed by atoms with van der Waals surface area (Å²) in [6.45, 7) is 4.41. The molecule has 1 N–H and O–H groups in total. The first-order valence-corrected chi connectivity index (χ1v) is 12.9. The zero-order valence-corrected chi connectivity index (χ0v) is 21.1. The first kappa shape index (κ1) is 23.7. The summed E-state index contributed by atoms with van der Waals surface area (Å²) in [7, 11) is 0. The normalized spacial score (nSPS) is 15.7. The van der Waals surface area contributed by atoms with Crippen molar-refractivity contribution in [1.29, 1.82) is 0 Å². The lowest BCUT2D eigenvalue weighted by Gasteiger charge is -2.35. The van der Waals surface area contributed by atoms with Crippen LogP contribution in [0.3, 0.4) is 0 Å². The molecule has 1 atom stereocenters. The van der Waals surface area contributed by atoms with E-state index in [1.54, 1.807) is 16.7 Å². The number of hydrogen-bond acceptors (Lipinski definition) is 6. The van der Waals surface area contributed by atoms with Gasteiger partial charge in [0.15, 0.2) is 0 Å². The molecule has 182 valence electrons. The Balaban J connectivity index is 1.61. The average Bonchev–Trinajstić information content (AvgIpc) is 3.40. The van der Waals surface area contributed by atoms with Crippen molar-refractivity contribution >= 4 is 29.1 Å². The summed E-state index contributed by atoms with van der Waals surface area (Å²) in [6.07, 6.45) is 2.03. The van der Waals surface area contributed by atoms with Crippen molar-refractivity contribution in [2.24, 2.45) is 0 Å². The van der Waals surface area contributed by atoms with E-state index in [2.05, 4.69) is 10.5 Å². The van der Waals surface area contributed by atoms with Gasteiger partial charge in [-0.1, -0.05) is 47.6 Å². The quantitative estimate of drug-likeness (QED) is 0.291. The van der Waals surface area contributed by atoms with Crippen molar-refractivity contribution in [3.63, 3.8) is 0 Å². The fourth-order valence-electron chi connectivity index (χ4n) is 4.27. The molecule has 1 aromatic heterocycles. The molecule has 0 fully saturated rings. The van der Waals surface area contributed by atoms with Crippen LogP contribution in [0.2, 0.25) is 0 Å². The molecule has 4 aromatic rings. The molecule has 0 aliphatic carbocycles. The highest BCUT2D eigenvalue weighted by molar-refractivity contribution is 7.98. The number of benzene rings is 3. The largest absolute Gasteiger partial charge is 0.494 e. The molecule has 8 heteroatoms. The maximum Gasteiger partial charge on any atom is 0.326 e. The second-order valence-electron chi connectivity index (χ2n) is 8.21. The Bertz CT molecular complexity index is 1380. The van der Waals surface area contributed by atoms with Gasteiger partial charge in [-0.25, -0.2) is 4.79 Å². The number of carbonyl (C=O) groups is 1. The van der Waals surface area contributed by atoms with E-state index in [1.807, 2.05) is 99.0 Å². The predicted octanol–water partition coefficient (Wildman–Crippen LogP) is 6.56. The highest BCUT2D eigenvalue weighted by Crippen LogP contribution is 2.39. The fraction of sp³-hybridized carbons (Fsp3) is 0.179. The molecule has 1 unspecified atom stereocenters. The maximum absolute atomic E-state index is 13.4. The van der Waals surface area contributed by atoms with Gasteiger partial charge in [0, 0.05) is 16.2 Å². The molecule has 0 saturated carbocycles. The van der Waals surface area contributed by atoms with Crippen LogP contribution in [0.1, 0.15) is 31.3 Å². The highest BCUT2D eigenvalue weighted by Gasteiger charge is 2.36. The van der Waals surface area contributed by atoms with Gasteiger partial charge in [-0.3, -0.25) is 4.90 Å². The Morgan fingerprint density at radius 2 is 1.75 bits per heavy atom. The van der Waals surface area contributed by atoms with Crippen LogP contribution in [-0.2, 0) is 0 Å². The van der Waals surface area contributed by atoms with Crippen LogP contribution in [0.25, 0.3) is 17.0 Å². The summed E-state index contributed by atoms with van der Waals surface area (Å²) in [5.41, 5.74) is 3.96. The van der Waals surface area contributed by atoms with Crippen LogP contribution in [0.4, 0.5) is 10.5 Å². The van der Waals surface area contributed by atoms with E-state index in [4.69, 9.17) is 14.2 Å². The standard InChI is InChI=1S/C28H26N4O3S/c1-4-34-22-14-12-21(13-15-22)32-18(2)24(27-30-26(31-35-27)20-8-6-5-7-9-20)25(29-28(32)33)19-10-16-23(36-3)17-11-19/h5-17,25H,4H2,1-3H3,(H,29,33). The Labute approximate surface area is 214 Å². The van der Waals surface area contributed by atoms with Gasteiger partial charge >= 0.3 is 6.03 Å². The molecule has 3 aromatic carbocycles. The number of nitrogens with one attached hydrogen (secondary N) is 1. The van der Waals surface area contributed by atoms with Crippen LogP contribution in [-0.4, -0.2) is 29.0 Å². The Hall–Kier alpha value is -4.04. The van der Waals surface area contributed by atoms with Gasteiger partial charge < -0.3 is 14.6 Å². The molecule has 0 bridgehead atoms. The van der Waals surface area contributed by atoms with Gasteiger partial charge in [0.25, 0.3) is 5.89 Å². The number of carbonyl (C=O) groups excluding carboxylic acids is 1. The summed E-state index contributed by atoms with van der Waals surface area (Å²) in [5.74, 6) is 1.60. The first-order chi connectivity index (χ1) is 17.6. The van der Waals surface area contributed by atoms with Crippen molar-refractivity contribution in [2.45, 2.75) is 24.8 Å². The minimum Gasteiger partial charge on any atom is -0.494 e. The van der Waals surface area contributed by atoms with Gasteiger partial charge in [-0.05, 0) is 62.1 Å². The van der Waals surface area contributed by atoms with Crippen molar-refractivity contribution in [2.75, 3.05) is 17.8 Å². The Kier molecular flexibility index (Phi) is 6.77. The van der Waals surface area contributed by atoms with Gasteiger partial charge in [-0.2, -0.15) is 4.98 Å². The molecule has 5 rings (SSSR count). The number of thioether (sulfide) groups is 1. The molecule has 2 heterocycles. The van der Waals surface area contributed by atoms with Gasteiger partial charge in [-0.15, -0.1) is 11.8 Å². The van der Waals surface area contributed by atoms with Gasteiger partial charge in [0.05, 0.1) is 23.9 Å². The monoisotopic (exact) mass is 498 g/mol. The van der Waals surface area contributed by atoms with Crippen LogP contribution < -0.4 is 15.0 Å².